The Morgan fingerprint density at radius 1 is 1.11 bits per heavy atom. The molecule has 1 unspecified atom stereocenters. The van der Waals surface area contributed by atoms with E-state index in [9.17, 15) is 9.90 Å². The van der Waals surface area contributed by atoms with Crippen LogP contribution in [0.15, 0.2) is 24.3 Å². The van der Waals surface area contributed by atoms with Crippen LogP contribution in [0.25, 0.3) is 0 Å². The molecule has 0 aliphatic rings. The maximum absolute atomic E-state index is 10.3. The monoisotopic (exact) mass is 268 g/mol. The van der Waals surface area contributed by atoms with Gasteiger partial charge < -0.3 is 10.2 Å². The van der Waals surface area contributed by atoms with Crippen LogP contribution in [-0.2, 0) is 4.79 Å². The second-order valence-electron chi connectivity index (χ2n) is 4.87. The van der Waals surface area contributed by atoms with Crippen molar-refractivity contribution in [3.63, 3.8) is 0 Å². The van der Waals surface area contributed by atoms with Crippen molar-refractivity contribution in [3.8, 4) is 0 Å². The van der Waals surface area contributed by atoms with Crippen LogP contribution in [0.1, 0.15) is 64.7 Å². The van der Waals surface area contributed by atoms with Crippen LogP contribution < -0.4 is 0 Å². The van der Waals surface area contributed by atoms with Crippen molar-refractivity contribution < 1.29 is 15.0 Å². The van der Waals surface area contributed by atoms with Gasteiger partial charge in [-0.2, -0.15) is 0 Å². The Labute approximate surface area is 117 Å². The van der Waals surface area contributed by atoms with Gasteiger partial charge in [0.1, 0.15) is 0 Å². The third-order valence-corrected chi connectivity index (χ3v) is 2.93. The third-order valence-electron chi connectivity index (χ3n) is 2.93. The molecule has 0 aromatic carbocycles. The molecule has 0 aliphatic carbocycles. The molecule has 0 fully saturated rings. The van der Waals surface area contributed by atoms with Gasteiger partial charge in [-0.05, 0) is 25.7 Å². The molecule has 0 radical (unpaired) electrons. The van der Waals surface area contributed by atoms with Crippen LogP contribution in [0.4, 0.5) is 0 Å². The standard InChI is InChI=1S/C16H28O3/c1-2-12-15(17)13-10-8-6-4-3-5-7-9-11-14-16(18)19/h6,8,10,13,15,17H,2-5,7,9,11-12,14H2,1H3,(H,18,19)/b8-6+,13-10+. The summed E-state index contributed by atoms with van der Waals surface area (Å²) in [6, 6.07) is 0. The van der Waals surface area contributed by atoms with Gasteiger partial charge in [-0.3, -0.25) is 4.79 Å². The lowest BCUT2D eigenvalue weighted by molar-refractivity contribution is -0.137. The number of rotatable bonds is 12. The minimum Gasteiger partial charge on any atom is -0.481 e. The van der Waals surface area contributed by atoms with Gasteiger partial charge in [0.15, 0.2) is 0 Å². The summed E-state index contributed by atoms with van der Waals surface area (Å²) in [6.07, 6.45) is 15.9. The molecule has 0 bridgehead atoms. The summed E-state index contributed by atoms with van der Waals surface area (Å²) in [6.45, 7) is 2.06. The zero-order chi connectivity index (χ0) is 14.3. The summed E-state index contributed by atoms with van der Waals surface area (Å²) >= 11 is 0. The number of carboxylic acids is 1. The van der Waals surface area contributed by atoms with Crippen LogP contribution in [0.2, 0.25) is 0 Å². The molecule has 3 heteroatoms. The summed E-state index contributed by atoms with van der Waals surface area (Å²) in [5.41, 5.74) is 0. The smallest absolute Gasteiger partial charge is 0.303 e. The molecule has 110 valence electrons. The van der Waals surface area contributed by atoms with E-state index in [1.807, 2.05) is 18.2 Å². The van der Waals surface area contributed by atoms with E-state index in [0.717, 1.165) is 51.4 Å². The number of hydrogen-bond donors (Lipinski definition) is 2. The number of hydrogen-bond acceptors (Lipinski definition) is 2. The maximum Gasteiger partial charge on any atom is 0.303 e. The quantitative estimate of drug-likeness (QED) is 0.414. The Balaban J connectivity index is 3.32. The lowest BCUT2D eigenvalue weighted by Crippen LogP contribution is -1.99. The van der Waals surface area contributed by atoms with Crippen LogP contribution in [0.5, 0.6) is 0 Å². The fourth-order valence-corrected chi connectivity index (χ4v) is 1.83. The van der Waals surface area contributed by atoms with Crippen molar-refractivity contribution in [1.29, 1.82) is 0 Å². The van der Waals surface area contributed by atoms with Gasteiger partial charge in [0.05, 0.1) is 6.10 Å². The number of unbranched alkanes of at least 4 members (excludes halogenated alkanes) is 5. The fraction of sp³-hybridized carbons (Fsp3) is 0.688. The first-order valence-electron chi connectivity index (χ1n) is 7.40. The molecule has 0 spiro atoms. The highest BCUT2D eigenvalue weighted by molar-refractivity contribution is 5.66. The molecule has 0 aromatic rings. The third kappa shape index (κ3) is 14.9. The molecular weight excluding hydrogens is 240 g/mol. The van der Waals surface area contributed by atoms with Crippen molar-refractivity contribution >= 4 is 5.97 Å². The van der Waals surface area contributed by atoms with Gasteiger partial charge in [0.2, 0.25) is 0 Å². The van der Waals surface area contributed by atoms with Gasteiger partial charge in [-0.15, -0.1) is 0 Å². The zero-order valence-electron chi connectivity index (χ0n) is 12.1. The second kappa shape index (κ2) is 13.3. The Bertz CT molecular complexity index is 269. The molecule has 0 rings (SSSR count). The highest BCUT2D eigenvalue weighted by atomic mass is 16.4. The molecule has 0 amide bonds. The lowest BCUT2D eigenvalue weighted by Gasteiger charge is -2.00. The van der Waals surface area contributed by atoms with Gasteiger partial charge in [-0.25, -0.2) is 0 Å². The highest BCUT2D eigenvalue weighted by Crippen LogP contribution is 2.07. The number of carboxylic acid groups (broad SMARTS) is 1. The van der Waals surface area contributed by atoms with E-state index in [-0.39, 0.29) is 6.10 Å². The first-order valence-corrected chi connectivity index (χ1v) is 7.40. The lowest BCUT2D eigenvalue weighted by atomic mass is 10.1. The Morgan fingerprint density at radius 2 is 1.79 bits per heavy atom. The van der Waals surface area contributed by atoms with Gasteiger partial charge in [-0.1, -0.05) is 56.9 Å². The van der Waals surface area contributed by atoms with E-state index in [4.69, 9.17) is 5.11 Å². The largest absolute Gasteiger partial charge is 0.481 e. The molecule has 0 heterocycles. The molecule has 19 heavy (non-hydrogen) atoms. The van der Waals surface area contributed by atoms with Gasteiger partial charge in [0.25, 0.3) is 0 Å². The molecular formula is C16H28O3. The summed E-state index contributed by atoms with van der Waals surface area (Å²) in [7, 11) is 0. The minimum absolute atomic E-state index is 0.296. The predicted octanol–water partition coefficient (Wildman–Crippen LogP) is 4.08. The van der Waals surface area contributed by atoms with Crippen LogP contribution in [0.3, 0.4) is 0 Å². The predicted molar refractivity (Wildman–Crippen MR) is 79.1 cm³/mol. The van der Waals surface area contributed by atoms with E-state index in [1.165, 1.54) is 0 Å². The highest BCUT2D eigenvalue weighted by Gasteiger charge is 1.96. The molecule has 0 saturated carbocycles. The number of allylic oxidation sites excluding steroid dienone is 3. The Morgan fingerprint density at radius 3 is 2.47 bits per heavy atom. The van der Waals surface area contributed by atoms with E-state index < -0.39 is 5.97 Å². The van der Waals surface area contributed by atoms with E-state index in [0.29, 0.717) is 6.42 Å². The van der Waals surface area contributed by atoms with E-state index in [1.54, 1.807) is 0 Å². The van der Waals surface area contributed by atoms with Crippen molar-refractivity contribution in [1.82, 2.24) is 0 Å². The average molecular weight is 268 g/mol. The number of aliphatic hydroxyl groups is 1. The summed E-state index contributed by atoms with van der Waals surface area (Å²) in [5.74, 6) is -0.694. The fourth-order valence-electron chi connectivity index (χ4n) is 1.83. The van der Waals surface area contributed by atoms with Crippen molar-refractivity contribution in [2.45, 2.75) is 70.8 Å². The Kier molecular flexibility index (Phi) is 12.6. The van der Waals surface area contributed by atoms with Crippen LogP contribution in [-0.4, -0.2) is 22.3 Å². The van der Waals surface area contributed by atoms with E-state index in [2.05, 4.69) is 13.0 Å². The summed E-state index contributed by atoms with van der Waals surface area (Å²) < 4.78 is 0. The van der Waals surface area contributed by atoms with Crippen LogP contribution >= 0.6 is 0 Å². The van der Waals surface area contributed by atoms with Crippen molar-refractivity contribution in [2.24, 2.45) is 0 Å². The number of carbonyl (C=O) groups is 1. The molecule has 0 saturated heterocycles. The maximum atomic E-state index is 10.3. The van der Waals surface area contributed by atoms with Crippen LogP contribution in [0, 0.1) is 0 Å². The van der Waals surface area contributed by atoms with Crippen molar-refractivity contribution in [3.05, 3.63) is 24.3 Å². The van der Waals surface area contributed by atoms with Gasteiger partial charge in [0, 0.05) is 6.42 Å². The summed E-state index contributed by atoms with van der Waals surface area (Å²) in [5, 5.41) is 17.9. The normalized spacial score (nSPS) is 13.4. The van der Waals surface area contributed by atoms with Crippen molar-refractivity contribution in [2.75, 3.05) is 0 Å². The molecule has 2 N–H and O–H groups in total. The van der Waals surface area contributed by atoms with E-state index >= 15 is 0 Å². The Hall–Kier alpha value is -1.09. The molecule has 3 nitrogen and oxygen atoms in total. The minimum atomic E-state index is -0.694. The molecule has 1 atom stereocenters. The molecule has 0 aliphatic heterocycles. The molecule has 0 aromatic heterocycles. The first kappa shape index (κ1) is 17.9. The summed E-state index contributed by atoms with van der Waals surface area (Å²) in [4.78, 5) is 10.3. The topological polar surface area (TPSA) is 57.5 Å². The SMILES string of the molecule is CCCC(O)/C=C/C=C/CCCCCCCC(=O)O. The van der Waals surface area contributed by atoms with Gasteiger partial charge >= 0.3 is 5.97 Å². The number of aliphatic carboxylic acids is 1. The zero-order valence-corrected chi connectivity index (χ0v) is 12.1. The number of aliphatic hydroxyl groups excluding tert-OH is 1. The second-order valence-corrected chi connectivity index (χ2v) is 4.87. The average Bonchev–Trinajstić information content (AvgIpc) is 2.36. The first-order chi connectivity index (χ1) is 9.16.